The van der Waals surface area contributed by atoms with Gasteiger partial charge in [0.25, 0.3) is 0 Å². The Balaban J connectivity index is 0.00000289. The third kappa shape index (κ3) is 4.61. The monoisotopic (exact) mass is 296 g/mol. The van der Waals surface area contributed by atoms with Crippen LogP contribution in [-0.4, -0.2) is 27.5 Å². The van der Waals surface area contributed by atoms with Crippen LogP contribution in [0.15, 0.2) is 15.4 Å². The predicted molar refractivity (Wildman–Crippen MR) is 73.8 cm³/mol. The Bertz CT molecular complexity index is 471. The molecule has 1 rings (SSSR count). The van der Waals surface area contributed by atoms with Gasteiger partial charge in [-0.25, -0.2) is 13.1 Å². The minimum absolute atomic E-state index is 0. The van der Waals surface area contributed by atoms with Crippen molar-refractivity contribution in [2.75, 3.05) is 13.1 Å². The molecule has 0 bridgehead atoms. The topological polar surface area (TPSA) is 71.3 Å². The Hall–Kier alpha value is -0.560. The molecule has 1 heterocycles. The van der Waals surface area contributed by atoms with E-state index in [1.165, 1.54) is 6.07 Å². The van der Waals surface area contributed by atoms with Crippen molar-refractivity contribution >= 4 is 22.4 Å². The quantitative estimate of drug-likeness (QED) is 0.836. The lowest BCUT2D eigenvalue weighted by Crippen LogP contribution is -2.38. The summed E-state index contributed by atoms with van der Waals surface area (Å²) < 4.78 is 31.7. The van der Waals surface area contributed by atoms with Crippen LogP contribution < -0.4 is 10.0 Å². The highest BCUT2D eigenvalue weighted by Gasteiger charge is 2.20. The highest BCUT2D eigenvalue weighted by atomic mass is 35.5. The van der Waals surface area contributed by atoms with E-state index in [1.807, 2.05) is 13.8 Å². The fourth-order valence-electron chi connectivity index (χ4n) is 1.61. The maximum absolute atomic E-state index is 12.0. The van der Waals surface area contributed by atoms with Crippen LogP contribution in [0.2, 0.25) is 0 Å². The van der Waals surface area contributed by atoms with Crippen LogP contribution in [0.3, 0.4) is 0 Å². The summed E-state index contributed by atoms with van der Waals surface area (Å²) in [4.78, 5) is 0.221. The van der Waals surface area contributed by atoms with E-state index in [4.69, 9.17) is 4.42 Å². The van der Waals surface area contributed by atoms with Crippen molar-refractivity contribution in [2.45, 2.75) is 38.6 Å². The van der Waals surface area contributed by atoms with Gasteiger partial charge in [0, 0.05) is 12.6 Å². The van der Waals surface area contributed by atoms with Gasteiger partial charge in [-0.2, -0.15) is 0 Å². The van der Waals surface area contributed by atoms with E-state index in [9.17, 15) is 8.42 Å². The van der Waals surface area contributed by atoms with Crippen molar-refractivity contribution in [2.24, 2.45) is 0 Å². The number of hydrogen-bond acceptors (Lipinski definition) is 4. The molecule has 0 aromatic carbocycles. The zero-order chi connectivity index (χ0) is 13.1. The molecular formula is C11H21ClN2O3S. The van der Waals surface area contributed by atoms with E-state index < -0.39 is 10.0 Å². The number of nitrogens with one attached hydrogen (secondary N) is 2. The van der Waals surface area contributed by atoms with Gasteiger partial charge in [0.2, 0.25) is 10.0 Å². The molecule has 2 N–H and O–H groups in total. The third-order valence-corrected chi connectivity index (χ3v) is 3.95. The number of likely N-dealkylation sites (N-methyl/N-ethyl adjacent to an activating group) is 1. The van der Waals surface area contributed by atoms with Gasteiger partial charge in [-0.15, -0.1) is 12.4 Å². The Morgan fingerprint density at radius 1 is 1.39 bits per heavy atom. The second kappa shape index (κ2) is 7.13. The van der Waals surface area contributed by atoms with E-state index >= 15 is 0 Å². The first-order chi connectivity index (χ1) is 7.86. The highest BCUT2D eigenvalue weighted by molar-refractivity contribution is 7.89. The molecule has 0 aliphatic carbocycles. The van der Waals surface area contributed by atoms with Crippen LogP contribution in [0, 0.1) is 13.8 Å². The lowest BCUT2D eigenvalue weighted by Gasteiger charge is -2.13. The molecule has 0 fully saturated rings. The normalized spacial score (nSPS) is 13.1. The van der Waals surface area contributed by atoms with Crippen LogP contribution in [0.4, 0.5) is 0 Å². The number of halogens is 1. The SMILES string of the molecule is CCN[C@H](C)CNS(=O)(=O)c1cc(C)oc1C.Cl. The maximum Gasteiger partial charge on any atom is 0.244 e. The zero-order valence-electron chi connectivity index (χ0n) is 11.1. The Kier molecular flexibility index (Phi) is 6.91. The Labute approximate surface area is 115 Å². The number of sulfonamides is 1. The van der Waals surface area contributed by atoms with E-state index in [2.05, 4.69) is 10.0 Å². The van der Waals surface area contributed by atoms with Gasteiger partial charge in [0.15, 0.2) is 0 Å². The predicted octanol–water partition coefficient (Wildman–Crippen LogP) is 1.59. The Morgan fingerprint density at radius 3 is 2.44 bits per heavy atom. The largest absolute Gasteiger partial charge is 0.465 e. The average Bonchev–Trinajstić information content (AvgIpc) is 2.56. The number of hydrogen-bond donors (Lipinski definition) is 2. The summed E-state index contributed by atoms with van der Waals surface area (Å²) >= 11 is 0. The molecule has 1 atom stereocenters. The van der Waals surface area contributed by atoms with Crippen molar-refractivity contribution in [1.29, 1.82) is 0 Å². The van der Waals surface area contributed by atoms with E-state index in [1.54, 1.807) is 13.8 Å². The molecule has 106 valence electrons. The van der Waals surface area contributed by atoms with Crippen LogP contribution >= 0.6 is 12.4 Å². The van der Waals surface area contributed by atoms with Crippen molar-refractivity contribution in [3.05, 3.63) is 17.6 Å². The summed E-state index contributed by atoms with van der Waals surface area (Å²) in [5, 5.41) is 3.14. The summed E-state index contributed by atoms with van der Waals surface area (Å²) in [7, 11) is -3.47. The number of aryl methyl sites for hydroxylation is 2. The third-order valence-electron chi connectivity index (χ3n) is 2.42. The van der Waals surface area contributed by atoms with Crippen LogP contribution in [0.25, 0.3) is 0 Å². The standard InChI is InChI=1S/C11H20N2O3S.ClH/c1-5-12-8(2)7-13-17(14,15)11-6-9(3)16-10(11)4;/h6,8,12-13H,5,7H2,1-4H3;1H/t8-;/m1./s1. The van der Waals surface area contributed by atoms with E-state index in [0.717, 1.165) is 6.54 Å². The molecule has 0 amide bonds. The highest BCUT2D eigenvalue weighted by Crippen LogP contribution is 2.18. The zero-order valence-corrected chi connectivity index (χ0v) is 12.7. The van der Waals surface area contributed by atoms with Gasteiger partial charge in [0.05, 0.1) is 0 Å². The first-order valence-electron chi connectivity index (χ1n) is 5.67. The molecule has 5 nitrogen and oxygen atoms in total. The minimum atomic E-state index is -3.47. The summed E-state index contributed by atoms with van der Waals surface area (Å²) in [5.41, 5.74) is 0. The molecule has 0 unspecified atom stereocenters. The van der Waals surface area contributed by atoms with Crippen LogP contribution in [-0.2, 0) is 10.0 Å². The second-order valence-corrected chi connectivity index (χ2v) is 5.82. The average molecular weight is 297 g/mol. The van der Waals surface area contributed by atoms with Gasteiger partial charge < -0.3 is 9.73 Å². The van der Waals surface area contributed by atoms with Crippen molar-refractivity contribution in [3.8, 4) is 0 Å². The molecule has 18 heavy (non-hydrogen) atoms. The van der Waals surface area contributed by atoms with Crippen molar-refractivity contribution < 1.29 is 12.8 Å². The summed E-state index contributed by atoms with van der Waals surface area (Å²) in [5.74, 6) is 1.02. The molecule has 0 saturated heterocycles. The van der Waals surface area contributed by atoms with Gasteiger partial charge >= 0.3 is 0 Å². The number of furan rings is 1. The van der Waals surface area contributed by atoms with Gasteiger partial charge in [0.1, 0.15) is 16.4 Å². The van der Waals surface area contributed by atoms with Gasteiger partial charge in [-0.05, 0) is 33.4 Å². The van der Waals surface area contributed by atoms with E-state index in [-0.39, 0.29) is 23.3 Å². The summed E-state index contributed by atoms with van der Waals surface area (Å²) in [6, 6.07) is 1.64. The second-order valence-electron chi connectivity index (χ2n) is 4.09. The van der Waals surface area contributed by atoms with E-state index in [0.29, 0.717) is 18.1 Å². The van der Waals surface area contributed by atoms with Crippen LogP contribution in [0.5, 0.6) is 0 Å². The molecule has 0 aliphatic heterocycles. The van der Waals surface area contributed by atoms with Gasteiger partial charge in [-0.3, -0.25) is 0 Å². The fourth-order valence-corrected chi connectivity index (χ4v) is 2.97. The lowest BCUT2D eigenvalue weighted by atomic mass is 10.3. The molecule has 7 heteroatoms. The molecule has 1 aromatic rings. The smallest absolute Gasteiger partial charge is 0.244 e. The lowest BCUT2D eigenvalue weighted by molar-refractivity contribution is 0.494. The number of rotatable bonds is 6. The van der Waals surface area contributed by atoms with Gasteiger partial charge in [-0.1, -0.05) is 6.92 Å². The van der Waals surface area contributed by atoms with Crippen molar-refractivity contribution in [3.63, 3.8) is 0 Å². The maximum atomic E-state index is 12.0. The first-order valence-corrected chi connectivity index (χ1v) is 7.15. The molecule has 0 aliphatic rings. The van der Waals surface area contributed by atoms with Crippen LogP contribution in [0.1, 0.15) is 25.4 Å². The molecule has 0 radical (unpaired) electrons. The summed E-state index contributed by atoms with van der Waals surface area (Å²) in [6.07, 6.45) is 0. The first kappa shape index (κ1) is 17.4. The fraction of sp³-hybridized carbons (Fsp3) is 0.636. The minimum Gasteiger partial charge on any atom is -0.465 e. The summed E-state index contributed by atoms with van der Waals surface area (Å²) in [6.45, 7) is 8.46. The molecule has 0 saturated carbocycles. The molecular weight excluding hydrogens is 276 g/mol. The molecule has 1 aromatic heterocycles. The molecule has 0 spiro atoms. The Morgan fingerprint density at radius 2 is 2.00 bits per heavy atom. The van der Waals surface area contributed by atoms with Crippen molar-refractivity contribution in [1.82, 2.24) is 10.0 Å².